The summed E-state index contributed by atoms with van der Waals surface area (Å²) in [5.74, 6) is 0.121. The van der Waals surface area contributed by atoms with Crippen molar-refractivity contribution in [3.8, 4) is 0 Å². The van der Waals surface area contributed by atoms with Crippen LogP contribution >= 0.6 is 7.68 Å². The highest BCUT2D eigenvalue weighted by molar-refractivity contribution is 7.52. The van der Waals surface area contributed by atoms with E-state index >= 15 is 0 Å². The summed E-state index contributed by atoms with van der Waals surface area (Å²) in [5, 5.41) is 0. The molecule has 1 N–H and O–H groups in total. The maximum absolute atomic E-state index is 12.6. The summed E-state index contributed by atoms with van der Waals surface area (Å²) in [5.41, 5.74) is 0.381. The van der Waals surface area contributed by atoms with Gasteiger partial charge in [-0.25, -0.2) is 0 Å². The van der Waals surface area contributed by atoms with Crippen LogP contribution in [0.1, 0.15) is 46.0 Å². The number of rotatable bonds is 3. The summed E-state index contributed by atoms with van der Waals surface area (Å²) in [6.45, 7) is 4.42. The Kier molecular flexibility index (Phi) is 3.76. The zero-order valence-corrected chi connectivity index (χ0v) is 9.90. The van der Waals surface area contributed by atoms with Crippen LogP contribution in [0.3, 0.4) is 0 Å². The first-order chi connectivity index (χ1) is 6.35. The molecule has 1 unspecified atom stereocenters. The Labute approximate surface area is 85.5 Å². The van der Waals surface area contributed by atoms with Crippen molar-refractivity contribution in [3.05, 3.63) is 0 Å². The molecule has 4 heteroatoms. The molecular weight excluding hydrogens is 202 g/mol. The number of hydrogen-bond acceptors (Lipinski definition) is 1. The minimum atomic E-state index is -4.28. The zero-order valence-electron chi connectivity index (χ0n) is 9.00. The van der Waals surface area contributed by atoms with E-state index in [4.69, 9.17) is 4.89 Å². The fourth-order valence-electron chi connectivity index (χ4n) is 2.23. The molecule has 1 atom stereocenters. The highest BCUT2D eigenvalue weighted by Gasteiger charge is 2.32. The maximum atomic E-state index is 12.6. The molecule has 0 bridgehead atoms. The Morgan fingerprint density at radius 1 is 1.50 bits per heavy atom. The van der Waals surface area contributed by atoms with Gasteiger partial charge in [-0.15, -0.1) is 0 Å². The Balaban J connectivity index is 2.40. The summed E-state index contributed by atoms with van der Waals surface area (Å²) in [4.78, 5) is 8.65. The van der Waals surface area contributed by atoms with Crippen molar-refractivity contribution in [2.75, 3.05) is 6.16 Å². The Hall–Kier alpha value is 0.120. The van der Waals surface area contributed by atoms with Gasteiger partial charge in [0.05, 0.1) is 6.16 Å². The monoisotopic (exact) mass is 222 g/mol. The second-order valence-electron chi connectivity index (χ2n) is 4.91. The topological polar surface area (TPSA) is 37.3 Å². The van der Waals surface area contributed by atoms with E-state index in [1.807, 2.05) is 0 Å². The van der Waals surface area contributed by atoms with Crippen molar-refractivity contribution in [1.29, 1.82) is 0 Å². The van der Waals surface area contributed by atoms with E-state index in [0.29, 0.717) is 5.41 Å². The van der Waals surface area contributed by atoms with Gasteiger partial charge in [-0.1, -0.05) is 20.3 Å². The Morgan fingerprint density at radius 2 is 2.00 bits per heavy atom. The predicted octanol–water partition coefficient (Wildman–Crippen LogP) is 3.75. The average Bonchev–Trinajstić information content (AvgIpc) is 2.07. The maximum Gasteiger partial charge on any atom is 0.365 e. The van der Waals surface area contributed by atoms with E-state index in [1.54, 1.807) is 0 Å². The molecule has 0 amide bonds. The van der Waals surface area contributed by atoms with Gasteiger partial charge >= 0.3 is 7.68 Å². The van der Waals surface area contributed by atoms with Crippen molar-refractivity contribution in [2.24, 2.45) is 11.3 Å². The van der Waals surface area contributed by atoms with Gasteiger partial charge in [0.25, 0.3) is 0 Å². The SMILES string of the molecule is CCC1(C)CCC(CP(=O)(O)F)CC1. The highest BCUT2D eigenvalue weighted by Crippen LogP contribution is 2.49. The molecule has 2 nitrogen and oxygen atoms in total. The van der Waals surface area contributed by atoms with Gasteiger partial charge in [0.2, 0.25) is 0 Å². The highest BCUT2D eigenvalue weighted by atomic mass is 31.2. The molecule has 0 aromatic carbocycles. The molecule has 0 aromatic rings. The minimum absolute atomic E-state index is 0.121. The van der Waals surface area contributed by atoms with Crippen LogP contribution in [0.15, 0.2) is 0 Å². The normalized spacial score (nSPS) is 37.9. The van der Waals surface area contributed by atoms with E-state index in [0.717, 1.165) is 32.1 Å². The molecule has 1 fully saturated rings. The van der Waals surface area contributed by atoms with Crippen LogP contribution in [0.4, 0.5) is 4.20 Å². The molecular formula is C10H20FO2P. The van der Waals surface area contributed by atoms with Crippen LogP contribution in [0.5, 0.6) is 0 Å². The molecule has 0 spiro atoms. The molecule has 0 aromatic heterocycles. The summed E-state index contributed by atoms with van der Waals surface area (Å²) in [7, 11) is -4.28. The fraction of sp³-hybridized carbons (Fsp3) is 1.00. The molecule has 0 heterocycles. The summed E-state index contributed by atoms with van der Waals surface area (Å²) in [6, 6.07) is 0. The summed E-state index contributed by atoms with van der Waals surface area (Å²) >= 11 is 0. The standard InChI is InChI=1S/C10H20FO2P/c1-3-10(2)6-4-9(5-7-10)8-14(11,12)13/h9H,3-8H2,1-2H3,(H,12,13). The molecule has 0 aliphatic heterocycles. The van der Waals surface area contributed by atoms with Crippen molar-refractivity contribution < 1.29 is 13.7 Å². The fourth-order valence-corrected chi connectivity index (χ4v) is 3.23. The van der Waals surface area contributed by atoms with E-state index in [1.165, 1.54) is 0 Å². The van der Waals surface area contributed by atoms with E-state index < -0.39 is 7.68 Å². The van der Waals surface area contributed by atoms with E-state index in [-0.39, 0.29) is 12.1 Å². The minimum Gasteiger partial charge on any atom is -0.321 e. The first kappa shape index (κ1) is 12.2. The molecule has 0 radical (unpaired) electrons. The van der Waals surface area contributed by atoms with Gasteiger partial charge in [0, 0.05) is 0 Å². The molecule has 14 heavy (non-hydrogen) atoms. The second-order valence-corrected chi connectivity index (χ2v) is 6.50. The lowest BCUT2D eigenvalue weighted by Gasteiger charge is -2.36. The van der Waals surface area contributed by atoms with Crippen LogP contribution < -0.4 is 0 Å². The van der Waals surface area contributed by atoms with E-state index in [9.17, 15) is 8.76 Å². The quantitative estimate of drug-likeness (QED) is 0.738. The number of halogens is 1. The smallest absolute Gasteiger partial charge is 0.321 e. The largest absolute Gasteiger partial charge is 0.365 e. The Morgan fingerprint density at radius 3 is 2.36 bits per heavy atom. The lowest BCUT2D eigenvalue weighted by atomic mass is 9.71. The van der Waals surface area contributed by atoms with E-state index in [2.05, 4.69) is 13.8 Å². The lowest BCUT2D eigenvalue weighted by Crippen LogP contribution is -2.25. The summed E-state index contributed by atoms with van der Waals surface area (Å²) in [6.07, 6.45) is 4.94. The van der Waals surface area contributed by atoms with Crippen molar-refractivity contribution >= 4 is 7.68 Å². The predicted molar refractivity (Wildman–Crippen MR) is 56.2 cm³/mol. The zero-order chi connectivity index (χ0) is 10.8. The van der Waals surface area contributed by atoms with Gasteiger partial charge in [-0.2, -0.15) is 4.20 Å². The van der Waals surface area contributed by atoms with Crippen LogP contribution in [0, 0.1) is 11.3 Å². The molecule has 0 saturated heterocycles. The third kappa shape index (κ3) is 3.70. The van der Waals surface area contributed by atoms with Gasteiger partial charge in [-0.05, 0) is 37.0 Å². The third-order valence-electron chi connectivity index (χ3n) is 3.65. The van der Waals surface area contributed by atoms with Crippen LogP contribution in [-0.2, 0) is 4.57 Å². The molecule has 1 saturated carbocycles. The van der Waals surface area contributed by atoms with Crippen LogP contribution in [-0.4, -0.2) is 11.1 Å². The Bertz CT molecular complexity index is 228. The molecule has 1 aliphatic rings. The van der Waals surface area contributed by atoms with Crippen LogP contribution in [0.25, 0.3) is 0 Å². The first-order valence-electron chi connectivity index (χ1n) is 5.36. The van der Waals surface area contributed by atoms with Gasteiger partial charge in [0.1, 0.15) is 0 Å². The van der Waals surface area contributed by atoms with Crippen molar-refractivity contribution in [3.63, 3.8) is 0 Å². The first-order valence-corrected chi connectivity index (χ1v) is 7.10. The molecule has 1 rings (SSSR count). The molecule has 1 aliphatic carbocycles. The second kappa shape index (κ2) is 4.32. The van der Waals surface area contributed by atoms with Gasteiger partial charge < -0.3 is 4.89 Å². The summed E-state index contributed by atoms with van der Waals surface area (Å²) < 4.78 is 23.2. The van der Waals surface area contributed by atoms with Gasteiger partial charge in [-0.3, -0.25) is 4.57 Å². The number of hydrogen-bond donors (Lipinski definition) is 1. The average molecular weight is 222 g/mol. The van der Waals surface area contributed by atoms with Gasteiger partial charge in [0.15, 0.2) is 0 Å². The third-order valence-corrected chi connectivity index (χ3v) is 4.62. The van der Waals surface area contributed by atoms with Crippen molar-refractivity contribution in [1.82, 2.24) is 0 Å². The van der Waals surface area contributed by atoms with Crippen LogP contribution in [0.2, 0.25) is 0 Å². The molecule has 84 valence electrons. The van der Waals surface area contributed by atoms with Crippen molar-refractivity contribution in [2.45, 2.75) is 46.0 Å². The lowest BCUT2D eigenvalue weighted by molar-refractivity contribution is 0.170.